The van der Waals surface area contributed by atoms with Gasteiger partial charge in [-0.1, -0.05) is 0 Å². The lowest BCUT2D eigenvalue weighted by Gasteiger charge is -2.27. The van der Waals surface area contributed by atoms with Crippen LogP contribution in [0.4, 0.5) is 19.1 Å². The molecule has 28 heavy (non-hydrogen) atoms. The van der Waals surface area contributed by atoms with Gasteiger partial charge >= 0.3 is 6.18 Å². The number of hydrogen-bond donors (Lipinski definition) is 1. The largest absolute Gasteiger partial charge is 0.433 e. The molecule has 1 fully saturated rings. The normalized spacial score (nSPS) is 20.0. The monoisotopic (exact) mass is 398 g/mol. The first kappa shape index (κ1) is 20.1. The average molecular weight is 398 g/mol. The third kappa shape index (κ3) is 4.41. The number of methoxy groups -OCH3 is 1. The molecule has 0 bridgehead atoms. The zero-order valence-electron chi connectivity index (χ0n) is 15.5. The van der Waals surface area contributed by atoms with Gasteiger partial charge in [-0.2, -0.15) is 18.3 Å². The molecule has 0 aromatic carbocycles. The van der Waals surface area contributed by atoms with Gasteiger partial charge in [0.1, 0.15) is 5.69 Å². The minimum absolute atomic E-state index is 0.0392. The van der Waals surface area contributed by atoms with Gasteiger partial charge in [-0.25, -0.2) is 9.97 Å². The SMILES string of the molecule is COCCN1C(=O)C[C@@H](CNc2nccc(C(F)(F)F)n2)[C@@H]1c1cnn(C)c1. The number of carbonyl (C=O) groups is 1. The smallest absolute Gasteiger partial charge is 0.383 e. The number of rotatable bonds is 7. The van der Waals surface area contributed by atoms with Gasteiger partial charge in [0.15, 0.2) is 0 Å². The van der Waals surface area contributed by atoms with Crippen molar-refractivity contribution in [1.82, 2.24) is 24.6 Å². The molecule has 1 N–H and O–H groups in total. The number of alkyl halides is 3. The fourth-order valence-corrected chi connectivity index (χ4v) is 3.37. The van der Waals surface area contributed by atoms with Gasteiger partial charge in [0.2, 0.25) is 11.9 Å². The van der Waals surface area contributed by atoms with Gasteiger partial charge in [-0.15, -0.1) is 0 Å². The molecule has 0 spiro atoms. The van der Waals surface area contributed by atoms with Crippen LogP contribution in [-0.2, 0) is 22.8 Å². The predicted molar refractivity (Wildman–Crippen MR) is 93.2 cm³/mol. The molecule has 1 amide bonds. The summed E-state index contributed by atoms with van der Waals surface area (Å²) in [5, 5.41) is 7.01. The number of hydrogen-bond acceptors (Lipinski definition) is 6. The van der Waals surface area contributed by atoms with E-state index in [4.69, 9.17) is 4.74 Å². The zero-order chi connectivity index (χ0) is 20.3. The Labute approximate surface area is 159 Å². The van der Waals surface area contributed by atoms with E-state index in [0.29, 0.717) is 13.2 Å². The molecular formula is C17H21F3N6O2. The summed E-state index contributed by atoms with van der Waals surface area (Å²) < 4.78 is 45.2. The van der Waals surface area contributed by atoms with Crippen LogP contribution in [0.5, 0.6) is 0 Å². The summed E-state index contributed by atoms with van der Waals surface area (Å²) in [6.07, 6.45) is 0.294. The van der Waals surface area contributed by atoms with Gasteiger partial charge in [0.25, 0.3) is 0 Å². The molecule has 0 unspecified atom stereocenters. The Hall–Kier alpha value is -2.69. The van der Waals surface area contributed by atoms with Crippen molar-refractivity contribution in [2.75, 3.05) is 32.1 Å². The maximum atomic E-state index is 12.8. The number of likely N-dealkylation sites (tertiary alicyclic amines) is 1. The van der Waals surface area contributed by atoms with Crippen molar-refractivity contribution in [2.45, 2.75) is 18.6 Å². The van der Waals surface area contributed by atoms with E-state index in [1.165, 1.54) is 0 Å². The van der Waals surface area contributed by atoms with Crippen molar-refractivity contribution in [3.05, 3.63) is 35.9 Å². The Morgan fingerprint density at radius 1 is 1.39 bits per heavy atom. The van der Waals surface area contributed by atoms with Gasteiger partial charge < -0.3 is 15.0 Å². The molecule has 2 aromatic rings. The predicted octanol–water partition coefficient (Wildman–Crippen LogP) is 1.88. The molecule has 0 aliphatic carbocycles. The van der Waals surface area contributed by atoms with Crippen molar-refractivity contribution in [1.29, 1.82) is 0 Å². The Morgan fingerprint density at radius 3 is 2.82 bits per heavy atom. The molecule has 0 radical (unpaired) electrons. The second-order valence-corrected chi connectivity index (χ2v) is 6.58. The van der Waals surface area contributed by atoms with Crippen molar-refractivity contribution < 1.29 is 22.7 Å². The zero-order valence-corrected chi connectivity index (χ0v) is 15.5. The number of halogens is 3. The fraction of sp³-hybridized carbons (Fsp3) is 0.529. The second-order valence-electron chi connectivity index (χ2n) is 6.58. The van der Waals surface area contributed by atoms with Crippen molar-refractivity contribution in [3.8, 4) is 0 Å². The fourth-order valence-electron chi connectivity index (χ4n) is 3.37. The molecule has 152 valence electrons. The minimum atomic E-state index is -4.54. The highest BCUT2D eigenvalue weighted by Gasteiger charge is 2.41. The number of aryl methyl sites for hydroxylation is 1. The quantitative estimate of drug-likeness (QED) is 0.767. The molecular weight excluding hydrogens is 377 g/mol. The lowest BCUT2D eigenvalue weighted by molar-refractivity contribution is -0.141. The van der Waals surface area contributed by atoms with E-state index < -0.39 is 11.9 Å². The molecule has 2 atom stereocenters. The molecule has 3 heterocycles. The number of nitrogens with one attached hydrogen (secondary N) is 1. The first-order chi connectivity index (χ1) is 13.3. The van der Waals surface area contributed by atoms with Crippen LogP contribution >= 0.6 is 0 Å². The Kier molecular flexibility index (Phi) is 5.82. The highest BCUT2D eigenvalue weighted by atomic mass is 19.4. The second kappa shape index (κ2) is 8.13. The van der Waals surface area contributed by atoms with Crippen molar-refractivity contribution in [2.24, 2.45) is 13.0 Å². The number of nitrogens with zero attached hydrogens (tertiary/aromatic N) is 5. The summed E-state index contributed by atoms with van der Waals surface area (Å²) in [5.74, 6) is -0.336. The summed E-state index contributed by atoms with van der Waals surface area (Å²) in [7, 11) is 3.34. The van der Waals surface area contributed by atoms with Gasteiger partial charge in [-0.3, -0.25) is 9.48 Å². The van der Waals surface area contributed by atoms with Crippen LogP contribution in [0.15, 0.2) is 24.7 Å². The molecule has 3 rings (SSSR count). The minimum Gasteiger partial charge on any atom is -0.383 e. The first-order valence-electron chi connectivity index (χ1n) is 8.70. The Morgan fingerprint density at radius 2 is 2.18 bits per heavy atom. The highest BCUT2D eigenvalue weighted by molar-refractivity contribution is 5.79. The number of ether oxygens (including phenoxy) is 1. The molecule has 1 aliphatic rings. The maximum Gasteiger partial charge on any atom is 0.433 e. The van der Waals surface area contributed by atoms with E-state index in [-0.39, 0.29) is 36.8 Å². The molecule has 1 aliphatic heterocycles. The molecule has 8 nitrogen and oxygen atoms in total. The first-order valence-corrected chi connectivity index (χ1v) is 8.70. The lowest BCUT2D eigenvalue weighted by atomic mass is 9.95. The third-order valence-electron chi connectivity index (χ3n) is 4.61. The number of anilines is 1. The molecule has 1 saturated heterocycles. The average Bonchev–Trinajstić information content (AvgIpc) is 3.20. The van der Waals surface area contributed by atoms with E-state index >= 15 is 0 Å². The van der Waals surface area contributed by atoms with Crippen molar-refractivity contribution >= 4 is 11.9 Å². The van der Waals surface area contributed by atoms with Crippen LogP contribution in [0.3, 0.4) is 0 Å². The van der Waals surface area contributed by atoms with E-state index in [1.807, 2.05) is 6.20 Å². The van der Waals surface area contributed by atoms with Gasteiger partial charge in [-0.05, 0) is 6.07 Å². The standard InChI is InChI=1S/C17H21F3N6O2/c1-25-10-12(9-23-25)15-11(7-14(27)26(15)5-6-28-2)8-22-16-21-4-3-13(24-16)17(18,19)20/h3-4,9-11,15H,5-8H2,1-2H3,(H,21,22,24)/t11-,15+/m0/s1. The van der Waals surface area contributed by atoms with Crippen molar-refractivity contribution in [3.63, 3.8) is 0 Å². The van der Waals surface area contributed by atoms with Crippen LogP contribution in [0.2, 0.25) is 0 Å². The van der Waals surface area contributed by atoms with Crippen LogP contribution in [0.1, 0.15) is 23.7 Å². The van der Waals surface area contributed by atoms with Gasteiger partial charge in [0, 0.05) is 57.5 Å². The lowest BCUT2D eigenvalue weighted by Crippen LogP contribution is -2.33. The Balaban J connectivity index is 1.77. The van der Waals surface area contributed by atoms with Crippen LogP contribution in [-0.4, -0.2) is 57.4 Å². The van der Waals surface area contributed by atoms with E-state index in [2.05, 4.69) is 20.4 Å². The van der Waals surface area contributed by atoms with Crippen LogP contribution in [0.25, 0.3) is 0 Å². The van der Waals surface area contributed by atoms with Crippen LogP contribution < -0.4 is 5.32 Å². The summed E-state index contributed by atoms with van der Waals surface area (Å²) in [6.45, 7) is 1.06. The van der Waals surface area contributed by atoms with Crippen LogP contribution in [0, 0.1) is 5.92 Å². The number of amides is 1. The summed E-state index contributed by atoms with van der Waals surface area (Å²) >= 11 is 0. The molecule has 2 aromatic heterocycles. The summed E-state index contributed by atoms with van der Waals surface area (Å²) in [5.41, 5.74) is -0.153. The topological polar surface area (TPSA) is 85.2 Å². The maximum absolute atomic E-state index is 12.8. The highest BCUT2D eigenvalue weighted by Crippen LogP contribution is 2.38. The van der Waals surface area contributed by atoms with E-state index in [9.17, 15) is 18.0 Å². The molecule has 11 heteroatoms. The number of carbonyl (C=O) groups excluding carboxylic acids is 1. The summed E-state index contributed by atoms with van der Waals surface area (Å²) in [6, 6.07) is 0.560. The third-order valence-corrected chi connectivity index (χ3v) is 4.61. The molecule has 0 saturated carbocycles. The summed E-state index contributed by atoms with van der Waals surface area (Å²) in [4.78, 5) is 21.6. The Bertz CT molecular complexity index is 825. The van der Waals surface area contributed by atoms with Gasteiger partial charge in [0.05, 0.1) is 18.8 Å². The number of aromatic nitrogens is 4. The van der Waals surface area contributed by atoms with E-state index in [1.54, 1.807) is 29.9 Å². The van der Waals surface area contributed by atoms with E-state index in [0.717, 1.165) is 17.8 Å².